The Balaban J connectivity index is 2.88. The van der Waals surface area contributed by atoms with Crippen molar-refractivity contribution in [1.82, 2.24) is 5.16 Å². The van der Waals surface area contributed by atoms with Gasteiger partial charge in [-0.1, -0.05) is 19.0 Å². The fourth-order valence-corrected chi connectivity index (χ4v) is 0.595. The molecule has 0 spiro atoms. The zero-order valence-corrected chi connectivity index (χ0v) is 5.87. The summed E-state index contributed by atoms with van der Waals surface area (Å²) in [7, 11) is 0. The summed E-state index contributed by atoms with van der Waals surface area (Å²) in [5, 5.41) is 6.02. The van der Waals surface area contributed by atoms with Crippen LogP contribution < -0.4 is 0 Å². The second-order valence-corrected chi connectivity index (χ2v) is 2.33. The van der Waals surface area contributed by atoms with Crippen molar-refractivity contribution in [1.29, 1.82) is 0 Å². The third-order valence-electron chi connectivity index (χ3n) is 1.18. The third kappa shape index (κ3) is 1.21. The normalized spacial score (nSPS) is 10.3. The van der Waals surface area contributed by atoms with Gasteiger partial charge in [0.1, 0.15) is 5.76 Å². The zero-order valence-electron chi connectivity index (χ0n) is 5.87. The van der Waals surface area contributed by atoms with Crippen LogP contribution in [0.3, 0.4) is 0 Å². The Bertz CT molecular complexity index is 229. The molecule has 0 N–H and O–H groups in total. The minimum atomic E-state index is 0.115. The van der Waals surface area contributed by atoms with Crippen LogP contribution in [0.1, 0.15) is 25.5 Å². The number of hydrogen-bond donors (Lipinski definition) is 0. The van der Waals surface area contributed by atoms with Gasteiger partial charge in [0.05, 0.1) is 0 Å². The lowest BCUT2D eigenvalue weighted by Crippen LogP contribution is -1.79. The van der Waals surface area contributed by atoms with Gasteiger partial charge in [0.2, 0.25) is 5.82 Å². The lowest BCUT2D eigenvalue weighted by Gasteiger charge is -1.92. The van der Waals surface area contributed by atoms with E-state index in [1.807, 2.05) is 13.8 Å². The van der Waals surface area contributed by atoms with Crippen molar-refractivity contribution < 1.29 is 4.52 Å². The number of aromatic nitrogens is 1. The topological polar surface area (TPSA) is 55.5 Å². The smallest absolute Gasteiger partial charge is 0.238 e. The van der Waals surface area contributed by atoms with Crippen molar-refractivity contribution in [2.24, 2.45) is 5.18 Å². The van der Waals surface area contributed by atoms with E-state index < -0.39 is 0 Å². The van der Waals surface area contributed by atoms with Gasteiger partial charge in [0, 0.05) is 12.0 Å². The van der Waals surface area contributed by atoms with Crippen molar-refractivity contribution in [2.45, 2.75) is 19.8 Å². The molecule has 0 aliphatic carbocycles. The molecule has 0 aromatic carbocycles. The molecule has 1 rings (SSSR count). The zero-order chi connectivity index (χ0) is 7.56. The SMILES string of the molecule is CC(C)c1cc(N=O)no1. The largest absolute Gasteiger partial charge is 0.359 e. The average molecular weight is 140 g/mol. The molecule has 4 heteroatoms. The molecule has 0 fully saturated rings. The molecule has 10 heavy (non-hydrogen) atoms. The molecule has 0 saturated heterocycles. The van der Waals surface area contributed by atoms with Crippen molar-refractivity contribution in [2.75, 3.05) is 0 Å². The maximum Gasteiger partial charge on any atom is 0.238 e. The first kappa shape index (κ1) is 6.92. The minimum Gasteiger partial charge on any atom is -0.359 e. The van der Waals surface area contributed by atoms with E-state index in [0.29, 0.717) is 5.76 Å². The molecule has 0 unspecified atom stereocenters. The predicted octanol–water partition coefficient (Wildman–Crippen LogP) is 2.20. The van der Waals surface area contributed by atoms with Crippen LogP contribution in [-0.4, -0.2) is 5.16 Å². The molecular weight excluding hydrogens is 132 g/mol. The van der Waals surface area contributed by atoms with Crippen LogP contribution in [0, 0.1) is 4.91 Å². The molecule has 0 aliphatic heterocycles. The lowest BCUT2D eigenvalue weighted by atomic mass is 10.2. The first-order valence-corrected chi connectivity index (χ1v) is 3.04. The van der Waals surface area contributed by atoms with Gasteiger partial charge in [-0.3, -0.25) is 0 Å². The van der Waals surface area contributed by atoms with E-state index in [0.717, 1.165) is 0 Å². The summed E-state index contributed by atoms with van der Waals surface area (Å²) in [6.45, 7) is 3.91. The van der Waals surface area contributed by atoms with Crippen LogP contribution in [0.25, 0.3) is 0 Å². The molecule has 0 saturated carbocycles. The van der Waals surface area contributed by atoms with Gasteiger partial charge in [-0.15, -0.1) is 4.91 Å². The predicted molar refractivity (Wildman–Crippen MR) is 36.0 cm³/mol. The Hall–Kier alpha value is -1.19. The second-order valence-electron chi connectivity index (χ2n) is 2.33. The van der Waals surface area contributed by atoms with E-state index in [1.165, 1.54) is 6.07 Å². The molecule has 1 heterocycles. The first-order valence-electron chi connectivity index (χ1n) is 3.04. The van der Waals surface area contributed by atoms with E-state index in [9.17, 15) is 4.91 Å². The van der Waals surface area contributed by atoms with Crippen molar-refractivity contribution in [3.05, 3.63) is 16.7 Å². The summed E-state index contributed by atoms with van der Waals surface area (Å²) >= 11 is 0. The van der Waals surface area contributed by atoms with Crippen molar-refractivity contribution >= 4 is 5.82 Å². The molecule has 0 aliphatic rings. The molecule has 0 atom stereocenters. The van der Waals surface area contributed by atoms with Crippen LogP contribution >= 0.6 is 0 Å². The van der Waals surface area contributed by atoms with Gasteiger partial charge in [-0.05, 0) is 5.18 Å². The molecule has 1 aromatic heterocycles. The highest BCUT2D eigenvalue weighted by atomic mass is 16.5. The van der Waals surface area contributed by atoms with E-state index in [4.69, 9.17) is 4.52 Å². The highest BCUT2D eigenvalue weighted by molar-refractivity contribution is 5.26. The van der Waals surface area contributed by atoms with Crippen LogP contribution in [0.2, 0.25) is 0 Å². The first-order chi connectivity index (χ1) is 4.74. The molecular formula is C6H8N2O2. The van der Waals surface area contributed by atoms with E-state index in [-0.39, 0.29) is 11.7 Å². The quantitative estimate of drug-likeness (QED) is 0.591. The molecule has 0 bridgehead atoms. The highest BCUT2D eigenvalue weighted by Gasteiger charge is 2.06. The Kier molecular flexibility index (Phi) is 1.80. The van der Waals surface area contributed by atoms with E-state index in [1.54, 1.807) is 0 Å². The fraction of sp³-hybridized carbons (Fsp3) is 0.500. The van der Waals surface area contributed by atoms with Gasteiger partial charge in [0.15, 0.2) is 0 Å². The number of nitroso groups, excluding NO2 is 1. The van der Waals surface area contributed by atoms with Gasteiger partial charge in [-0.2, -0.15) is 0 Å². The summed E-state index contributed by atoms with van der Waals surface area (Å²) in [5.41, 5.74) is 0. The molecule has 1 aromatic rings. The van der Waals surface area contributed by atoms with Crippen LogP contribution in [0.15, 0.2) is 15.8 Å². The Labute approximate surface area is 58.2 Å². The average Bonchev–Trinajstić information content (AvgIpc) is 2.34. The van der Waals surface area contributed by atoms with E-state index in [2.05, 4.69) is 10.3 Å². The summed E-state index contributed by atoms with van der Waals surface area (Å²) < 4.78 is 4.77. The summed E-state index contributed by atoms with van der Waals surface area (Å²) in [4.78, 5) is 9.87. The number of nitrogens with zero attached hydrogens (tertiary/aromatic N) is 2. The summed E-state index contributed by atoms with van der Waals surface area (Å²) in [5.74, 6) is 1.06. The van der Waals surface area contributed by atoms with Crippen LogP contribution in [-0.2, 0) is 0 Å². The fourth-order valence-electron chi connectivity index (χ4n) is 0.595. The Morgan fingerprint density at radius 3 is 2.70 bits per heavy atom. The number of hydrogen-bond acceptors (Lipinski definition) is 4. The van der Waals surface area contributed by atoms with Gasteiger partial charge >= 0.3 is 0 Å². The summed E-state index contributed by atoms with van der Waals surface area (Å²) in [6.07, 6.45) is 0. The third-order valence-corrected chi connectivity index (χ3v) is 1.18. The molecule has 0 radical (unpaired) electrons. The molecule has 54 valence electrons. The minimum absolute atomic E-state index is 0.115. The van der Waals surface area contributed by atoms with Gasteiger partial charge < -0.3 is 4.52 Å². The van der Waals surface area contributed by atoms with Crippen LogP contribution in [0.5, 0.6) is 0 Å². The van der Waals surface area contributed by atoms with Crippen molar-refractivity contribution in [3.8, 4) is 0 Å². The number of rotatable bonds is 2. The summed E-state index contributed by atoms with van der Waals surface area (Å²) in [6, 6.07) is 1.54. The van der Waals surface area contributed by atoms with Gasteiger partial charge in [-0.25, -0.2) is 0 Å². The lowest BCUT2D eigenvalue weighted by molar-refractivity contribution is 0.372. The Morgan fingerprint density at radius 2 is 2.40 bits per heavy atom. The molecule has 4 nitrogen and oxygen atoms in total. The monoisotopic (exact) mass is 140 g/mol. The highest BCUT2D eigenvalue weighted by Crippen LogP contribution is 2.18. The maximum absolute atomic E-state index is 9.87. The van der Waals surface area contributed by atoms with Gasteiger partial charge in [0.25, 0.3) is 0 Å². The van der Waals surface area contributed by atoms with Crippen LogP contribution in [0.4, 0.5) is 5.82 Å². The molecule has 0 amide bonds. The standard InChI is InChI=1S/C6H8N2O2/c1-4(2)5-3-6(7-9)8-10-5/h3-4H,1-2H3. The second kappa shape index (κ2) is 2.60. The van der Waals surface area contributed by atoms with E-state index >= 15 is 0 Å². The van der Waals surface area contributed by atoms with Crippen molar-refractivity contribution in [3.63, 3.8) is 0 Å². The maximum atomic E-state index is 9.87. The Morgan fingerprint density at radius 1 is 1.70 bits per heavy atom.